The fourth-order valence-corrected chi connectivity index (χ4v) is 1.76. The van der Waals surface area contributed by atoms with Crippen molar-refractivity contribution < 1.29 is 0 Å². The van der Waals surface area contributed by atoms with E-state index in [2.05, 4.69) is 31.8 Å². The van der Waals surface area contributed by atoms with Crippen LogP contribution in [0.3, 0.4) is 0 Å². The zero-order valence-electron chi connectivity index (χ0n) is 6.31. The molecule has 0 radical (unpaired) electrons. The highest BCUT2D eigenvalue weighted by Crippen LogP contribution is 2.42. The largest absolute Gasteiger partial charge is 0.316 e. The van der Waals surface area contributed by atoms with E-state index in [0.717, 1.165) is 5.92 Å². The summed E-state index contributed by atoms with van der Waals surface area (Å²) in [7, 11) is 2.00. The first-order chi connectivity index (χ1) is 4.09. The number of hydrogen-bond donors (Lipinski definition) is 2. The summed E-state index contributed by atoms with van der Waals surface area (Å²) in [5.74, 6) is 0.762. The lowest BCUT2D eigenvalue weighted by Gasteiger charge is -2.49. The van der Waals surface area contributed by atoms with E-state index in [9.17, 15) is 0 Å². The van der Waals surface area contributed by atoms with Crippen LogP contribution in [0, 0.1) is 5.92 Å². The first kappa shape index (κ1) is 7.42. The van der Waals surface area contributed by atoms with Gasteiger partial charge in [-0.25, -0.2) is 0 Å². The summed E-state index contributed by atoms with van der Waals surface area (Å²) < 4.78 is 0.231. The molecule has 0 aromatic carbocycles. The Morgan fingerprint density at radius 1 is 1.67 bits per heavy atom. The highest BCUT2D eigenvalue weighted by molar-refractivity contribution is 7.82. The highest BCUT2D eigenvalue weighted by atomic mass is 32.1. The first-order valence-corrected chi connectivity index (χ1v) is 3.93. The second kappa shape index (κ2) is 2.17. The summed E-state index contributed by atoms with van der Waals surface area (Å²) >= 11 is 4.55. The molecule has 1 saturated carbocycles. The standard InChI is InChI=1S/C7H15NS/c1-5-4-6(8-3)7(5,2)9/h5-6,8-9H,4H2,1-3H3. The third kappa shape index (κ3) is 0.987. The Hall–Kier alpha value is 0.310. The summed E-state index contributed by atoms with van der Waals surface area (Å²) in [6.07, 6.45) is 1.27. The topological polar surface area (TPSA) is 12.0 Å². The molecule has 54 valence electrons. The van der Waals surface area contributed by atoms with Crippen LogP contribution in [-0.2, 0) is 0 Å². The molecule has 0 bridgehead atoms. The lowest BCUT2D eigenvalue weighted by molar-refractivity contribution is 0.184. The van der Waals surface area contributed by atoms with Crippen molar-refractivity contribution in [2.45, 2.75) is 31.1 Å². The van der Waals surface area contributed by atoms with Crippen molar-refractivity contribution in [1.29, 1.82) is 0 Å². The lowest BCUT2D eigenvalue weighted by atomic mass is 9.70. The lowest BCUT2D eigenvalue weighted by Crippen LogP contribution is -2.58. The van der Waals surface area contributed by atoms with Crippen LogP contribution in [0.4, 0.5) is 0 Å². The third-order valence-electron chi connectivity index (χ3n) is 2.64. The van der Waals surface area contributed by atoms with Gasteiger partial charge in [-0.15, -0.1) is 0 Å². The predicted molar refractivity (Wildman–Crippen MR) is 44.0 cm³/mol. The van der Waals surface area contributed by atoms with Gasteiger partial charge in [-0.2, -0.15) is 12.6 Å². The van der Waals surface area contributed by atoms with E-state index >= 15 is 0 Å². The maximum atomic E-state index is 4.55. The minimum absolute atomic E-state index is 0.231. The Kier molecular flexibility index (Phi) is 1.79. The molecule has 0 aromatic heterocycles. The maximum Gasteiger partial charge on any atom is 0.0280 e. The van der Waals surface area contributed by atoms with Gasteiger partial charge < -0.3 is 5.32 Å². The van der Waals surface area contributed by atoms with Crippen molar-refractivity contribution in [2.24, 2.45) is 5.92 Å². The Balaban J connectivity index is 2.48. The van der Waals surface area contributed by atoms with Crippen molar-refractivity contribution in [3.8, 4) is 0 Å². The molecule has 1 aliphatic carbocycles. The minimum atomic E-state index is 0.231. The third-order valence-corrected chi connectivity index (χ3v) is 3.39. The Labute approximate surface area is 62.6 Å². The minimum Gasteiger partial charge on any atom is -0.316 e. The monoisotopic (exact) mass is 145 g/mol. The van der Waals surface area contributed by atoms with Gasteiger partial charge in [0.25, 0.3) is 0 Å². The molecule has 0 spiro atoms. The predicted octanol–water partition coefficient (Wildman–Crippen LogP) is 1.30. The fraction of sp³-hybridized carbons (Fsp3) is 1.00. The Bertz CT molecular complexity index is 111. The van der Waals surface area contributed by atoms with Gasteiger partial charge in [0.05, 0.1) is 0 Å². The molecule has 1 N–H and O–H groups in total. The van der Waals surface area contributed by atoms with Crippen molar-refractivity contribution in [1.82, 2.24) is 5.32 Å². The van der Waals surface area contributed by atoms with Crippen molar-refractivity contribution in [2.75, 3.05) is 7.05 Å². The first-order valence-electron chi connectivity index (χ1n) is 3.48. The molecule has 2 heteroatoms. The van der Waals surface area contributed by atoms with Gasteiger partial charge >= 0.3 is 0 Å². The molecular weight excluding hydrogens is 130 g/mol. The van der Waals surface area contributed by atoms with E-state index in [1.54, 1.807) is 0 Å². The SMILES string of the molecule is CNC1CC(C)C1(C)S. The second-order valence-corrected chi connectivity index (χ2v) is 4.17. The van der Waals surface area contributed by atoms with Crippen LogP contribution < -0.4 is 5.32 Å². The Morgan fingerprint density at radius 2 is 2.22 bits per heavy atom. The van der Waals surface area contributed by atoms with E-state index < -0.39 is 0 Å². The van der Waals surface area contributed by atoms with Crippen LogP contribution >= 0.6 is 12.6 Å². The molecule has 1 fully saturated rings. The molecule has 0 amide bonds. The molecule has 9 heavy (non-hydrogen) atoms. The number of nitrogens with one attached hydrogen (secondary N) is 1. The van der Waals surface area contributed by atoms with E-state index in [-0.39, 0.29) is 4.75 Å². The average Bonchev–Trinajstić information content (AvgIpc) is 1.82. The van der Waals surface area contributed by atoms with E-state index in [4.69, 9.17) is 0 Å². The van der Waals surface area contributed by atoms with Crippen LogP contribution in [-0.4, -0.2) is 17.8 Å². The van der Waals surface area contributed by atoms with Gasteiger partial charge in [0, 0.05) is 10.8 Å². The Morgan fingerprint density at radius 3 is 2.33 bits per heavy atom. The van der Waals surface area contributed by atoms with Crippen molar-refractivity contribution >= 4 is 12.6 Å². The summed E-state index contributed by atoms with van der Waals surface area (Å²) in [6.45, 7) is 4.45. The van der Waals surface area contributed by atoms with E-state index in [1.165, 1.54) is 6.42 Å². The molecule has 0 heterocycles. The van der Waals surface area contributed by atoms with Crippen LogP contribution in [0.5, 0.6) is 0 Å². The van der Waals surface area contributed by atoms with Gasteiger partial charge in [0.2, 0.25) is 0 Å². The number of thiol groups is 1. The van der Waals surface area contributed by atoms with Gasteiger partial charge in [0.15, 0.2) is 0 Å². The zero-order chi connectivity index (χ0) is 7.07. The molecular formula is C7H15NS. The summed E-state index contributed by atoms with van der Waals surface area (Å²) in [4.78, 5) is 0. The summed E-state index contributed by atoms with van der Waals surface area (Å²) in [6, 6.07) is 0.621. The molecule has 1 aliphatic rings. The van der Waals surface area contributed by atoms with Gasteiger partial charge in [-0.05, 0) is 26.3 Å². The zero-order valence-corrected chi connectivity index (χ0v) is 7.20. The molecule has 1 nitrogen and oxygen atoms in total. The van der Waals surface area contributed by atoms with Crippen LogP contribution in [0.15, 0.2) is 0 Å². The van der Waals surface area contributed by atoms with Crippen LogP contribution in [0.25, 0.3) is 0 Å². The number of rotatable bonds is 1. The molecule has 3 unspecified atom stereocenters. The molecule has 0 saturated heterocycles. The smallest absolute Gasteiger partial charge is 0.0280 e. The van der Waals surface area contributed by atoms with Gasteiger partial charge in [-0.1, -0.05) is 6.92 Å². The van der Waals surface area contributed by atoms with Crippen molar-refractivity contribution in [3.05, 3.63) is 0 Å². The van der Waals surface area contributed by atoms with Gasteiger partial charge in [-0.3, -0.25) is 0 Å². The van der Waals surface area contributed by atoms with Gasteiger partial charge in [0.1, 0.15) is 0 Å². The summed E-state index contributed by atoms with van der Waals surface area (Å²) in [5, 5.41) is 3.25. The quantitative estimate of drug-likeness (QED) is 0.530. The molecule has 3 atom stereocenters. The fourth-order valence-electron chi connectivity index (χ4n) is 1.42. The van der Waals surface area contributed by atoms with Crippen LogP contribution in [0.1, 0.15) is 20.3 Å². The van der Waals surface area contributed by atoms with E-state index in [1.807, 2.05) is 7.05 Å². The molecule has 0 aromatic rings. The highest BCUT2D eigenvalue weighted by Gasteiger charge is 2.45. The number of hydrogen-bond acceptors (Lipinski definition) is 2. The average molecular weight is 145 g/mol. The maximum absolute atomic E-state index is 4.55. The van der Waals surface area contributed by atoms with Crippen LogP contribution in [0.2, 0.25) is 0 Å². The molecule has 1 rings (SSSR count). The van der Waals surface area contributed by atoms with E-state index in [0.29, 0.717) is 6.04 Å². The van der Waals surface area contributed by atoms with Crippen molar-refractivity contribution in [3.63, 3.8) is 0 Å². The second-order valence-electron chi connectivity index (χ2n) is 3.20. The molecule has 0 aliphatic heterocycles. The normalized spacial score (nSPS) is 50.7. The summed E-state index contributed by atoms with van der Waals surface area (Å²) in [5.41, 5.74) is 0.